The van der Waals surface area contributed by atoms with Crippen molar-refractivity contribution in [2.24, 2.45) is 7.05 Å². The smallest absolute Gasteiger partial charge is 0.134 e. The van der Waals surface area contributed by atoms with Crippen molar-refractivity contribution in [3.05, 3.63) is 23.8 Å². The van der Waals surface area contributed by atoms with Crippen LogP contribution in [0.15, 0.2) is 12.3 Å². The molecule has 8 heteroatoms. The summed E-state index contributed by atoms with van der Waals surface area (Å²) in [5.74, 6) is 3.04. The van der Waals surface area contributed by atoms with E-state index in [1.807, 2.05) is 20.2 Å². The predicted octanol–water partition coefficient (Wildman–Crippen LogP) is 0.878. The number of piperazine rings is 1. The van der Waals surface area contributed by atoms with Gasteiger partial charge in [-0.2, -0.15) is 0 Å². The maximum absolute atomic E-state index is 4.70. The minimum Gasteiger partial charge on any atom is -0.356 e. The molecule has 4 heterocycles. The molecule has 0 spiro atoms. The Morgan fingerprint density at radius 1 is 0.923 bits per heavy atom. The summed E-state index contributed by atoms with van der Waals surface area (Å²) in [5.41, 5.74) is 1.07. The fraction of sp³-hybridized carbons (Fsp3) is 0.667. The lowest BCUT2D eigenvalue weighted by molar-refractivity contribution is 0.259. The van der Waals surface area contributed by atoms with Gasteiger partial charge >= 0.3 is 0 Å². The van der Waals surface area contributed by atoms with Crippen molar-refractivity contribution in [3.63, 3.8) is 0 Å². The Morgan fingerprint density at radius 3 is 2.19 bits per heavy atom. The Bertz CT molecular complexity index is 729. The number of nitrogens with zero attached hydrogens (tertiary/aromatic N) is 8. The lowest BCUT2D eigenvalue weighted by atomic mass is 10.2. The van der Waals surface area contributed by atoms with E-state index in [4.69, 9.17) is 4.98 Å². The van der Waals surface area contributed by atoms with Crippen molar-refractivity contribution in [1.29, 1.82) is 0 Å². The third-order valence-electron chi connectivity index (χ3n) is 5.27. The molecule has 140 valence electrons. The highest BCUT2D eigenvalue weighted by Gasteiger charge is 2.21. The van der Waals surface area contributed by atoms with E-state index in [-0.39, 0.29) is 0 Å². The molecule has 8 nitrogen and oxygen atoms in total. The highest BCUT2D eigenvalue weighted by molar-refractivity contribution is 5.51. The molecule has 2 aromatic heterocycles. The molecule has 0 aliphatic carbocycles. The Hall–Kier alpha value is -2.22. The first kappa shape index (κ1) is 17.2. The van der Waals surface area contributed by atoms with Crippen LogP contribution in [0.3, 0.4) is 0 Å². The Morgan fingerprint density at radius 2 is 1.58 bits per heavy atom. The van der Waals surface area contributed by atoms with Gasteiger partial charge in [0.2, 0.25) is 0 Å². The molecule has 0 unspecified atom stereocenters. The normalized spacial score (nSPS) is 18.7. The topological polar surface area (TPSA) is 66.2 Å². The molecule has 0 aromatic carbocycles. The largest absolute Gasteiger partial charge is 0.356 e. The van der Waals surface area contributed by atoms with Gasteiger partial charge in [-0.05, 0) is 19.8 Å². The number of aryl methyl sites for hydroxylation is 2. The zero-order valence-corrected chi connectivity index (χ0v) is 15.8. The molecule has 2 fully saturated rings. The summed E-state index contributed by atoms with van der Waals surface area (Å²) < 4.78 is 1.77. The van der Waals surface area contributed by atoms with Gasteiger partial charge in [-0.3, -0.25) is 9.58 Å². The number of aromatic nitrogens is 5. The predicted molar refractivity (Wildman–Crippen MR) is 102 cm³/mol. The van der Waals surface area contributed by atoms with Crippen LogP contribution in [-0.4, -0.2) is 75.7 Å². The standard InChI is InChI=1S/C18H28N8/c1-15-19-17(25-6-3-4-7-25)13-18(20-15)26-11-9-24(10-12-26)8-5-16-14-23(2)22-21-16/h13-14H,3-12H2,1-2H3. The van der Waals surface area contributed by atoms with E-state index < -0.39 is 0 Å². The van der Waals surface area contributed by atoms with Gasteiger partial charge in [0.05, 0.1) is 5.69 Å². The summed E-state index contributed by atoms with van der Waals surface area (Å²) in [4.78, 5) is 16.6. The SMILES string of the molecule is Cc1nc(N2CCCC2)cc(N2CCN(CCc3cn(C)nn3)CC2)n1. The van der Waals surface area contributed by atoms with Crippen LogP contribution in [0.2, 0.25) is 0 Å². The Labute approximate surface area is 154 Å². The molecule has 0 saturated carbocycles. The molecule has 0 N–H and O–H groups in total. The maximum Gasteiger partial charge on any atom is 0.134 e. The molecule has 0 amide bonds. The van der Waals surface area contributed by atoms with Crippen LogP contribution >= 0.6 is 0 Å². The third kappa shape index (κ3) is 3.95. The summed E-state index contributed by atoms with van der Waals surface area (Å²) in [5, 5.41) is 8.18. The van der Waals surface area contributed by atoms with Gasteiger partial charge in [-0.1, -0.05) is 5.21 Å². The van der Waals surface area contributed by atoms with E-state index >= 15 is 0 Å². The van der Waals surface area contributed by atoms with Gasteiger partial charge in [-0.15, -0.1) is 5.10 Å². The van der Waals surface area contributed by atoms with Gasteiger partial charge in [0, 0.05) is 71.5 Å². The van der Waals surface area contributed by atoms with E-state index in [0.717, 1.165) is 75.4 Å². The zero-order chi connectivity index (χ0) is 17.9. The second-order valence-corrected chi connectivity index (χ2v) is 7.29. The van der Waals surface area contributed by atoms with Crippen LogP contribution in [0.1, 0.15) is 24.4 Å². The number of rotatable bonds is 5. The molecule has 2 aromatic rings. The summed E-state index contributed by atoms with van der Waals surface area (Å²) in [6, 6.07) is 2.17. The molecule has 2 aliphatic rings. The van der Waals surface area contributed by atoms with Crippen LogP contribution in [0.25, 0.3) is 0 Å². The van der Waals surface area contributed by atoms with E-state index in [1.165, 1.54) is 12.8 Å². The van der Waals surface area contributed by atoms with Crippen molar-refractivity contribution < 1.29 is 0 Å². The van der Waals surface area contributed by atoms with E-state index in [9.17, 15) is 0 Å². The third-order valence-corrected chi connectivity index (χ3v) is 5.27. The molecule has 26 heavy (non-hydrogen) atoms. The van der Waals surface area contributed by atoms with Crippen LogP contribution in [0, 0.1) is 6.92 Å². The van der Waals surface area contributed by atoms with Crippen molar-refractivity contribution in [3.8, 4) is 0 Å². The lowest BCUT2D eigenvalue weighted by Gasteiger charge is -2.35. The first-order valence-electron chi connectivity index (χ1n) is 9.60. The zero-order valence-electron chi connectivity index (χ0n) is 15.8. The molecular weight excluding hydrogens is 328 g/mol. The molecule has 0 radical (unpaired) electrons. The van der Waals surface area contributed by atoms with Gasteiger partial charge in [0.25, 0.3) is 0 Å². The van der Waals surface area contributed by atoms with Crippen molar-refractivity contribution in [2.45, 2.75) is 26.2 Å². The summed E-state index contributed by atoms with van der Waals surface area (Å²) in [6.07, 6.45) is 5.49. The first-order valence-corrected chi connectivity index (χ1v) is 9.60. The van der Waals surface area contributed by atoms with E-state index in [1.54, 1.807) is 4.68 Å². The lowest BCUT2D eigenvalue weighted by Crippen LogP contribution is -2.47. The summed E-state index contributed by atoms with van der Waals surface area (Å²) in [6.45, 7) is 9.41. The quantitative estimate of drug-likeness (QED) is 0.788. The molecule has 4 rings (SSSR count). The van der Waals surface area contributed by atoms with Crippen LogP contribution in [0.4, 0.5) is 11.6 Å². The average Bonchev–Trinajstić information content (AvgIpc) is 3.32. The fourth-order valence-corrected chi connectivity index (χ4v) is 3.79. The van der Waals surface area contributed by atoms with Crippen molar-refractivity contribution in [2.75, 3.05) is 55.6 Å². The number of hydrogen-bond acceptors (Lipinski definition) is 7. The fourth-order valence-electron chi connectivity index (χ4n) is 3.79. The van der Waals surface area contributed by atoms with Crippen molar-refractivity contribution in [1.82, 2.24) is 29.9 Å². The van der Waals surface area contributed by atoms with Crippen LogP contribution in [-0.2, 0) is 13.5 Å². The molecular formula is C18H28N8. The monoisotopic (exact) mass is 356 g/mol. The highest BCUT2D eigenvalue weighted by Crippen LogP contribution is 2.23. The number of hydrogen-bond donors (Lipinski definition) is 0. The summed E-state index contributed by atoms with van der Waals surface area (Å²) in [7, 11) is 1.91. The number of anilines is 2. The summed E-state index contributed by atoms with van der Waals surface area (Å²) >= 11 is 0. The second-order valence-electron chi connectivity index (χ2n) is 7.29. The maximum atomic E-state index is 4.70. The molecule has 0 bridgehead atoms. The Balaban J connectivity index is 1.34. The minimum atomic E-state index is 0.870. The van der Waals surface area contributed by atoms with Gasteiger partial charge in [0.15, 0.2) is 0 Å². The van der Waals surface area contributed by atoms with Gasteiger partial charge in [-0.25, -0.2) is 9.97 Å². The molecule has 2 saturated heterocycles. The van der Waals surface area contributed by atoms with Crippen LogP contribution < -0.4 is 9.80 Å². The molecule has 2 aliphatic heterocycles. The van der Waals surface area contributed by atoms with Crippen LogP contribution in [0.5, 0.6) is 0 Å². The second kappa shape index (κ2) is 7.57. The van der Waals surface area contributed by atoms with Gasteiger partial charge < -0.3 is 9.80 Å². The van der Waals surface area contributed by atoms with E-state index in [2.05, 4.69) is 36.1 Å². The Kier molecular flexibility index (Phi) is 5.01. The average molecular weight is 356 g/mol. The van der Waals surface area contributed by atoms with Gasteiger partial charge in [0.1, 0.15) is 17.5 Å². The minimum absolute atomic E-state index is 0.870. The van der Waals surface area contributed by atoms with Crippen molar-refractivity contribution >= 4 is 11.6 Å². The molecule has 0 atom stereocenters. The highest BCUT2D eigenvalue weighted by atomic mass is 15.4. The van der Waals surface area contributed by atoms with E-state index in [0.29, 0.717) is 0 Å². The first-order chi connectivity index (χ1) is 12.7.